The monoisotopic (exact) mass is 375 g/mol. The molecule has 1 atom stereocenters. The Morgan fingerprint density at radius 2 is 2.12 bits per heavy atom. The number of Topliss-reactive ketones (excluding diaryl/α,β-unsaturated/α-hetero) is 1. The predicted molar refractivity (Wildman–Crippen MR) is 97.8 cm³/mol. The molecule has 0 aliphatic heterocycles. The van der Waals surface area contributed by atoms with Crippen LogP contribution in [0.1, 0.15) is 46.4 Å². The number of nitrogens with one attached hydrogen (secondary N) is 1. The van der Waals surface area contributed by atoms with Gasteiger partial charge in [-0.1, -0.05) is 0 Å². The Kier molecular flexibility index (Phi) is 5.29. The van der Waals surface area contributed by atoms with Crippen LogP contribution in [-0.4, -0.2) is 15.6 Å². The number of carbonyl (C=O) groups excluding carboxylic acids is 1. The van der Waals surface area contributed by atoms with Crippen LogP contribution in [0.4, 0.5) is 8.78 Å². The summed E-state index contributed by atoms with van der Waals surface area (Å²) in [6.45, 7) is 6.01. The number of aromatic nitrogens is 2. The van der Waals surface area contributed by atoms with Crippen molar-refractivity contribution in [3.05, 3.63) is 69.2 Å². The van der Waals surface area contributed by atoms with Crippen LogP contribution in [0.3, 0.4) is 0 Å². The van der Waals surface area contributed by atoms with E-state index in [9.17, 15) is 13.6 Å². The van der Waals surface area contributed by atoms with Crippen LogP contribution in [-0.2, 0) is 6.54 Å². The second-order valence-electron chi connectivity index (χ2n) is 6.17. The van der Waals surface area contributed by atoms with Crippen LogP contribution in [0.25, 0.3) is 5.69 Å². The number of nitrogens with zero attached hydrogens (tertiary/aromatic N) is 2. The lowest BCUT2D eigenvalue weighted by Gasteiger charge is -2.14. The van der Waals surface area contributed by atoms with Gasteiger partial charge in [0, 0.05) is 29.9 Å². The molecule has 0 bridgehead atoms. The zero-order valence-electron chi connectivity index (χ0n) is 14.7. The smallest absolute Gasteiger partial charge is 0.169 e. The molecule has 136 valence electrons. The first kappa shape index (κ1) is 18.4. The molecule has 4 nitrogen and oxygen atoms in total. The fourth-order valence-electron chi connectivity index (χ4n) is 2.78. The lowest BCUT2D eigenvalue weighted by molar-refractivity contribution is 0.102. The summed E-state index contributed by atoms with van der Waals surface area (Å²) in [5.74, 6) is -1.21. The van der Waals surface area contributed by atoms with E-state index in [1.54, 1.807) is 13.1 Å². The number of benzene rings is 1. The molecule has 2 aromatic heterocycles. The number of ketones is 1. The third kappa shape index (κ3) is 3.73. The summed E-state index contributed by atoms with van der Waals surface area (Å²) in [6, 6.07) is 5.30. The number of carbonyl (C=O) groups is 1. The van der Waals surface area contributed by atoms with Crippen LogP contribution in [0.15, 0.2) is 35.8 Å². The molecule has 0 amide bonds. The van der Waals surface area contributed by atoms with Crippen molar-refractivity contribution in [1.29, 1.82) is 0 Å². The molecule has 0 fully saturated rings. The van der Waals surface area contributed by atoms with Gasteiger partial charge in [-0.05, 0) is 49.9 Å². The third-order valence-electron chi connectivity index (χ3n) is 4.27. The highest BCUT2D eigenvalue weighted by atomic mass is 32.1. The van der Waals surface area contributed by atoms with E-state index < -0.39 is 11.6 Å². The largest absolute Gasteiger partial charge is 0.306 e. The van der Waals surface area contributed by atoms with Crippen molar-refractivity contribution in [1.82, 2.24) is 15.1 Å². The van der Waals surface area contributed by atoms with Gasteiger partial charge in [-0.15, -0.1) is 11.3 Å². The van der Waals surface area contributed by atoms with Gasteiger partial charge in [0.25, 0.3) is 0 Å². The quantitative estimate of drug-likeness (QED) is 0.642. The lowest BCUT2D eigenvalue weighted by atomic mass is 10.1. The second-order valence-corrected chi connectivity index (χ2v) is 7.08. The van der Waals surface area contributed by atoms with Gasteiger partial charge >= 0.3 is 0 Å². The van der Waals surface area contributed by atoms with E-state index in [1.165, 1.54) is 28.2 Å². The van der Waals surface area contributed by atoms with Gasteiger partial charge in [-0.3, -0.25) is 4.79 Å². The first-order chi connectivity index (χ1) is 12.4. The molecule has 0 saturated heterocycles. The first-order valence-corrected chi connectivity index (χ1v) is 9.06. The molecule has 2 heterocycles. The Bertz CT molecular complexity index is 948. The van der Waals surface area contributed by atoms with Gasteiger partial charge in [0.05, 0.1) is 11.1 Å². The van der Waals surface area contributed by atoms with Crippen molar-refractivity contribution in [3.63, 3.8) is 0 Å². The second kappa shape index (κ2) is 7.47. The van der Waals surface area contributed by atoms with E-state index in [1.807, 2.05) is 25.3 Å². The van der Waals surface area contributed by atoms with Gasteiger partial charge < -0.3 is 5.32 Å². The minimum atomic E-state index is -0.654. The van der Waals surface area contributed by atoms with Crippen LogP contribution in [0, 0.1) is 18.6 Å². The Balaban J connectivity index is 1.75. The fourth-order valence-corrected chi connectivity index (χ4v) is 3.59. The van der Waals surface area contributed by atoms with Crippen LogP contribution in [0.5, 0.6) is 0 Å². The van der Waals surface area contributed by atoms with Gasteiger partial charge in [0.1, 0.15) is 11.5 Å². The van der Waals surface area contributed by atoms with Crippen molar-refractivity contribution < 1.29 is 13.6 Å². The van der Waals surface area contributed by atoms with Crippen LogP contribution >= 0.6 is 11.3 Å². The molecule has 3 rings (SSSR count). The fraction of sp³-hybridized carbons (Fsp3) is 0.263. The SMILES string of the molecule is CC(=O)c1cc(CN[C@@H](C)c2cnn(-c3ccc(F)cc3F)c2C)cs1. The molecule has 26 heavy (non-hydrogen) atoms. The topological polar surface area (TPSA) is 46.9 Å². The first-order valence-electron chi connectivity index (χ1n) is 8.18. The van der Waals surface area contributed by atoms with Crippen molar-refractivity contribution in [3.8, 4) is 5.69 Å². The highest BCUT2D eigenvalue weighted by molar-refractivity contribution is 7.12. The summed E-state index contributed by atoms with van der Waals surface area (Å²) in [5, 5.41) is 9.60. The summed E-state index contributed by atoms with van der Waals surface area (Å²) in [6.07, 6.45) is 1.68. The molecule has 7 heteroatoms. The van der Waals surface area contributed by atoms with E-state index in [0.717, 1.165) is 27.8 Å². The minimum absolute atomic E-state index is 0.0204. The molecule has 0 spiro atoms. The molecular formula is C19H19F2N3OS. The number of halogens is 2. The van der Waals surface area contributed by atoms with E-state index in [2.05, 4.69) is 10.4 Å². The Morgan fingerprint density at radius 3 is 2.77 bits per heavy atom. The van der Waals surface area contributed by atoms with Crippen molar-refractivity contribution in [2.45, 2.75) is 33.4 Å². The zero-order valence-corrected chi connectivity index (χ0v) is 15.5. The maximum Gasteiger partial charge on any atom is 0.169 e. The summed E-state index contributed by atoms with van der Waals surface area (Å²) >= 11 is 1.43. The van der Waals surface area contributed by atoms with E-state index in [0.29, 0.717) is 6.54 Å². The van der Waals surface area contributed by atoms with E-state index in [-0.39, 0.29) is 17.5 Å². The normalized spacial score (nSPS) is 12.3. The number of hydrogen-bond acceptors (Lipinski definition) is 4. The van der Waals surface area contributed by atoms with Crippen molar-refractivity contribution in [2.75, 3.05) is 0 Å². The highest BCUT2D eigenvalue weighted by Gasteiger charge is 2.16. The minimum Gasteiger partial charge on any atom is -0.306 e. The third-order valence-corrected chi connectivity index (χ3v) is 5.35. The Morgan fingerprint density at radius 1 is 1.35 bits per heavy atom. The average molecular weight is 375 g/mol. The van der Waals surface area contributed by atoms with Gasteiger partial charge in [-0.25, -0.2) is 13.5 Å². The van der Waals surface area contributed by atoms with Gasteiger partial charge in [-0.2, -0.15) is 5.10 Å². The number of hydrogen-bond donors (Lipinski definition) is 1. The average Bonchev–Trinajstić information content (AvgIpc) is 3.20. The maximum absolute atomic E-state index is 14.0. The molecule has 0 aliphatic rings. The Hall–Kier alpha value is -2.38. The van der Waals surface area contributed by atoms with E-state index >= 15 is 0 Å². The van der Waals surface area contributed by atoms with E-state index in [4.69, 9.17) is 0 Å². The van der Waals surface area contributed by atoms with Crippen LogP contribution in [0.2, 0.25) is 0 Å². The molecule has 0 aliphatic carbocycles. The summed E-state index contributed by atoms with van der Waals surface area (Å²) in [4.78, 5) is 12.1. The number of thiophene rings is 1. The van der Waals surface area contributed by atoms with Crippen molar-refractivity contribution >= 4 is 17.1 Å². The molecule has 3 aromatic rings. The lowest BCUT2D eigenvalue weighted by Crippen LogP contribution is -2.18. The predicted octanol–water partition coefficient (Wildman–Crippen LogP) is 4.57. The molecule has 0 radical (unpaired) electrons. The van der Waals surface area contributed by atoms with Crippen molar-refractivity contribution in [2.24, 2.45) is 0 Å². The Labute approximate surface area is 154 Å². The standard InChI is InChI=1S/C19H19F2N3OS/c1-11(22-8-14-6-19(13(3)25)26-10-14)16-9-23-24(12(16)2)18-5-4-15(20)7-17(18)21/h4-7,9-11,22H,8H2,1-3H3/t11-/m0/s1. The summed E-state index contributed by atoms with van der Waals surface area (Å²) in [7, 11) is 0. The molecular weight excluding hydrogens is 356 g/mol. The van der Waals surface area contributed by atoms with Gasteiger partial charge in [0.15, 0.2) is 11.6 Å². The van der Waals surface area contributed by atoms with Crippen LogP contribution < -0.4 is 5.32 Å². The summed E-state index contributed by atoms with van der Waals surface area (Å²) < 4.78 is 28.6. The maximum atomic E-state index is 14.0. The molecule has 1 N–H and O–H groups in total. The molecule has 0 unspecified atom stereocenters. The molecule has 1 aromatic carbocycles. The molecule has 0 saturated carbocycles. The zero-order chi connectivity index (χ0) is 18.8. The van der Waals surface area contributed by atoms with Gasteiger partial charge in [0.2, 0.25) is 0 Å². The summed E-state index contributed by atoms with van der Waals surface area (Å²) in [5.41, 5.74) is 2.97. The highest BCUT2D eigenvalue weighted by Crippen LogP contribution is 2.23. The number of rotatable bonds is 6.